The number of nitrogens with one attached hydrogen (secondary N) is 1. The van der Waals surface area contributed by atoms with Crippen molar-refractivity contribution in [2.45, 2.75) is 38.1 Å². The molecular weight excluding hydrogens is 290 g/mol. The molecule has 1 atom stereocenters. The van der Waals surface area contributed by atoms with E-state index in [1.807, 2.05) is 4.90 Å². The van der Waals surface area contributed by atoms with Crippen molar-refractivity contribution in [2.24, 2.45) is 5.92 Å². The second kappa shape index (κ2) is 6.05. The molecule has 1 saturated heterocycles. The first-order valence-corrected chi connectivity index (χ1v) is 7.85. The van der Waals surface area contributed by atoms with Crippen LogP contribution in [0.5, 0.6) is 0 Å². The molecule has 1 aromatic heterocycles. The minimum absolute atomic E-state index is 0.155. The molecule has 114 valence electrons. The number of amides is 1. The van der Waals surface area contributed by atoms with Gasteiger partial charge in [-0.1, -0.05) is 24.4 Å². The van der Waals surface area contributed by atoms with E-state index in [1.165, 1.54) is 12.8 Å². The highest BCUT2D eigenvalue weighted by Crippen LogP contribution is 2.28. The summed E-state index contributed by atoms with van der Waals surface area (Å²) in [6.07, 6.45) is 5.38. The monoisotopic (exact) mass is 309 g/mol. The van der Waals surface area contributed by atoms with Crippen molar-refractivity contribution in [1.82, 2.24) is 14.9 Å². The van der Waals surface area contributed by atoms with Gasteiger partial charge in [-0.05, 0) is 19.3 Å². The van der Waals surface area contributed by atoms with Gasteiger partial charge in [0.1, 0.15) is 11.0 Å². The molecule has 3 N–H and O–H groups in total. The molecule has 0 radical (unpaired) electrons. The molecule has 1 aliphatic carbocycles. The number of halogens is 1. The molecule has 2 aliphatic rings. The number of likely N-dealkylation sites (tertiary alicyclic amines) is 1. The number of rotatable bonds is 3. The lowest BCUT2D eigenvalue weighted by molar-refractivity contribution is -0.134. The fourth-order valence-electron chi connectivity index (χ4n) is 3.23. The molecule has 2 heterocycles. The third kappa shape index (κ3) is 3.37. The summed E-state index contributed by atoms with van der Waals surface area (Å²) in [5.74, 6) is 1.33. The Kier molecular flexibility index (Phi) is 4.14. The molecule has 1 aliphatic heterocycles. The number of nitrogen functional groups attached to an aromatic ring is 1. The van der Waals surface area contributed by atoms with Crippen LogP contribution in [0.4, 0.5) is 11.8 Å². The Hall–Kier alpha value is -1.56. The van der Waals surface area contributed by atoms with Gasteiger partial charge in [-0.3, -0.25) is 4.79 Å². The van der Waals surface area contributed by atoms with Crippen molar-refractivity contribution < 1.29 is 4.79 Å². The molecule has 21 heavy (non-hydrogen) atoms. The average molecular weight is 310 g/mol. The Bertz CT molecular complexity index is 512. The quantitative estimate of drug-likeness (QED) is 0.833. The minimum Gasteiger partial charge on any atom is -0.368 e. The number of aromatic nitrogens is 2. The normalized spacial score (nSPS) is 22.7. The highest BCUT2D eigenvalue weighted by molar-refractivity contribution is 6.29. The molecule has 1 amide bonds. The summed E-state index contributed by atoms with van der Waals surface area (Å²) in [5, 5.41) is 3.61. The van der Waals surface area contributed by atoms with Crippen LogP contribution in [-0.4, -0.2) is 39.9 Å². The van der Waals surface area contributed by atoms with Crippen molar-refractivity contribution in [1.29, 1.82) is 0 Å². The van der Waals surface area contributed by atoms with Crippen LogP contribution in [0.2, 0.25) is 5.15 Å². The number of anilines is 2. The number of carbonyl (C=O) groups is 1. The third-order valence-corrected chi connectivity index (χ3v) is 4.46. The smallest absolute Gasteiger partial charge is 0.225 e. The van der Waals surface area contributed by atoms with E-state index in [9.17, 15) is 4.79 Å². The summed E-state index contributed by atoms with van der Waals surface area (Å²) in [6, 6.07) is 1.85. The molecule has 0 spiro atoms. The highest BCUT2D eigenvalue weighted by Gasteiger charge is 2.32. The predicted molar refractivity (Wildman–Crippen MR) is 82.0 cm³/mol. The second-order valence-electron chi connectivity index (χ2n) is 5.83. The first-order valence-electron chi connectivity index (χ1n) is 7.47. The largest absolute Gasteiger partial charge is 0.368 e. The first kappa shape index (κ1) is 14.4. The second-order valence-corrected chi connectivity index (χ2v) is 6.22. The Balaban J connectivity index is 1.58. The maximum absolute atomic E-state index is 12.4. The molecule has 0 bridgehead atoms. The zero-order valence-electron chi connectivity index (χ0n) is 11.9. The van der Waals surface area contributed by atoms with E-state index in [-0.39, 0.29) is 17.9 Å². The predicted octanol–water partition coefficient (Wildman–Crippen LogP) is 1.92. The highest BCUT2D eigenvalue weighted by atomic mass is 35.5. The zero-order chi connectivity index (χ0) is 14.8. The Morgan fingerprint density at radius 3 is 2.81 bits per heavy atom. The molecule has 1 saturated carbocycles. The van der Waals surface area contributed by atoms with Crippen molar-refractivity contribution in [3.63, 3.8) is 0 Å². The van der Waals surface area contributed by atoms with Gasteiger partial charge < -0.3 is 16.0 Å². The van der Waals surface area contributed by atoms with Crippen molar-refractivity contribution in [2.75, 3.05) is 24.1 Å². The lowest BCUT2D eigenvalue weighted by Crippen LogP contribution is -2.35. The van der Waals surface area contributed by atoms with E-state index >= 15 is 0 Å². The summed E-state index contributed by atoms with van der Waals surface area (Å²) in [6.45, 7) is 1.53. The van der Waals surface area contributed by atoms with E-state index in [1.54, 1.807) is 6.07 Å². The fourth-order valence-corrected chi connectivity index (χ4v) is 3.42. The minimum atomic E-state index is 0.155. The molecule has 7 heteroatoms. The van der Waals surface area contributed by atoms with E-state index in [0.717, 1.165) is 32.4 Å². The molecular formula is C14H20ClN5O. The van der Waals surface area contributed by atoms with Crippen LogP contribution in [0.1, 0.15) is 32.1 Å². The van der Waals surface area contributed by atoms with Crippen molar-refractivity contribution >= 4 is 29.3 Å². The average Bonchev–Trinajstić information content (AvgIpc) is 3.07. The van der Waals surface area contributed by atoms with Gasteiger partial charge in [-0.15, -0.1) is 0 Å². The van der Waals surface area contributed by atoms with Gasteiger partial charge in [0.25, 0.3) is 0 Å². The molecule has 0 aromatic carbocycles. The van der Waals surface area contributed by atoms with Crippen LogP contribution in [0.3, 0.4) is 0 Å². The van der Waals surface area contributed by atoms with Crippen LogP contribution >= 0.6 is 11.6 Å². The maximum atomic E-state index is 12.4. The van der Waals surface area contributed by atoms with Gasteiger partial charge in [-0.2, -0.15) is 4.98 Å². The molecule has 1 aromatic rings. The lowest BCUT2D eigenvalue weighted by Gasteiger charge is -2.20. The molecule has 6 nitrogen and oxygen atoms in total. The molecule has 1 unspecified atom stereocenters. The van der Waals surface area contributed by atoms with Crippen LogP contribution in [0.25, 0.3) is 0 Å². The Morgan fingerprint density at radius 1 is 1.33 bits per heavy atom. The number of hydrogen-bond acceptors (Lipinski definition) is 5. The number of nitrogens with zero attached hydrogens (tertiary/aromatic N) is 3. The van der Waals surface area contributed by atoms with Gasteiger partial charge in [-0.25, -0.2) is 4.98 Å². The van der Waals surface area contributed by atoms with Gasteiger partial charge in [0, 0.05) is 31.1 Å². The summed E-state index contributed by atoms with van der Waals surface area (Å²) in [7, 11) is 0. The SMILES string of the molecule is Nc1nc(Cl)cc(NC2CCN(C(=O)C3CCCC3)C2)n1. The number of carbonyl (C=O) groups excluding carboxylic acids is 1. The van der Waals surface area contributed by atoms with Crippen LogP contribution in [-0.2, 0) is 4.79 Å². The van der Waals surface area contributed by atoms with Gasteiger partial charge >= 0.3 is 0 Å². The Labute approximate surface area is 129 Å². The molecule has 3 rings (SSSR count). The molecule has 2 fully saturated rings. The van der Waals surface area contributed by atoms with Crippen molar-refractivity contribution in [3.8, 4) is 0 Å². The standard InChI is InChI=1S/C14H20ClN5O/c15-11-7-12(19-14(16)18-11)17-10-5-6-20(8-10)13(21)9-3-1-2-4-9/h7,9-10H,1-6,8H2,(H3,16,17,18,19). The van der Waals surface area contributed by atoms with E-state index in [4.69, 9.17) is 17.3 Å². The van der Waals surface area contributed by atoms with Gasteiger partial charge in [0.15, 0.2) is 0 Å². The van der Waals surface area contributed by atoms with E-state index in [0.29, 0.717) is 16.9 Å². The summed E-state index contributed by atoms with van der Waals surface area (Å²) < 4.78 is 0. The fraction of sp³-hybridized carbons (Fsp3) is 0.643. The first-order chi connectivity index (χ1) is 10.1. The number of nitrogens with two attached hydrogens (primary N) is 1. The lowest BCUT2D eigenvalue weighted by atomic mass is 10.1. The van der Waals surface area contributed by atoms with E-state index < -0.39 is 0 Å². The van der Waals surface area contributed by atoms with Crippen LogP contribution in [0, 0.1) is 5.92 Å². The zero-order valence-corrected chi connectivity index (χ0v) is 12.6. The Morgan fingerprint density at radius 2 is 2.10 bits per heavy atom. The third-order valence-electron chi connectivity index (χ3n) is 4.27. The summed E-state index contributed by atoms with van der Waals surface area (Å²) in [5.41, 5.74) is 5.58. The van der Waals surface area contributed by atoms with Crippen molar-refractivity contribution in [3.05, 3.63) is 11.2 Å². The summed E-state index contributed by atoms with van der Waals surface area (Å²) in [4.78, 5) is 22.3. The summed E-state index contributed by atoms with van der Waals surface area (Å²) >= 11 is 5.87. The topological polar surface area (TPSA) is 84.1 Å². The number of hydrogen-bond donors (Lipinski definition) is 2. The van der Waals surface area contributed by atoms with Gasteiger partial charge in [0.05, 0.1) is 0 Å². The maximum Gasteiger partial charge on any atom is 0.225 e. The van der Waals surface area contributed by atoms with Crippen LogP contribution in [0.15, 0.2) is 6.07 Å². The van der Waals surface area contributed by atoms with Crippen LogP contribution < -0.4 is 11.1 Å². The van der Waals surface area contributed by atoms with E-state index in [2.05, 4.69) is 15.3 Å². The van der Waals surface area contributed by atoms with Gasteiger partial charge in [0.2, 0.25) is 11.9 Å².